The quantitative estimate of drug-likeness (QED) is 0.835. The minimum atomic E-state index is -0.915. The second-order valence-corrected chi connectivity index (χ2v) is 6.77. The van der Waals surface area contributed by atoms with Gasteiger partial charge in [0.1, 0.15) is 5.25 Å². The highest BCUT2D eigenvalue weighted by atomic mass is 32.2. The van der Waals surface area contributed by atoms with Gasteiger partial charge in [0.15, 0.2) is 5.12 Å². The van der Waals surface area contributed by atoms with Crippen LogP contribution in [0.15, 0.2) is 24.3 Å². The molecule has 1 atom stereocenters. The van der Waals surface area contributed by atoms with E-state index in [4.69, 9.17) is 5.11 Å². The SMILES string of the molecule is CC(=O)SC(CCc1ccc(CC(C)C)cc1)C(=O)O. The van der Waals surface area contributed by atoms with Crippen LogP contribution in [0.3, 0.4) is 0 Å². The second kappa shape index (κ2) is 8.10. The van der Waals surface area contributed by atoms with Gasteiger partial charge in [0.05, 0.1) is 0 Å². The molecule has 4 heteroatoms. The van der Waals surface area contributed by atoms with Crippen LogP contribution in [0.1, 0.15) is 38.3 Å². The first-order valence-corrected chi connectivity index (χ1v) is 7.74. The average Bonchev–Trinajstić information content (AvgIpc) is 2.34. The minimum absolute atomic E-state index is 0.148. The molecule has 0 aromatic heterocycles. The van der Waals surface area contributed by atoms with Crippen LogP contribution in [-0.4, -0.2) is 21.4 Å². The van der Waals surface area contributed by atoms with E-state index >= 15 is 0 Å². The molecule has 0 aliphatic heterocycles. The minimum Gasteiger partial charge on any atom is -0.480 e. The number of carboxylic acid groups (broad SMARTS) is 1. The van der Waals surface area contributed by atoms with Crippen molar-refractivity contribution in [3.05, 3.63) is 35.4 Å². The van der Waals surface area contributed by atoms with Crippen molar-refractivity contribution in [2.75, 3.05) is 0 Å². The van der Waals surface area contributed by atoms with Gasteiger partial charge in [-0.3, -0.25) is 9.59 Å². The molecule has 110 valence electrons. The number of carboxylic acids is 1. The molecule has 1 aromatic rings. The maximum atomic E-state index is 11.1. The van der Waals surface area contributed by atoms with Crippen LogP contribution in [0, 0.1) is 5.92 Å². The molecule has 0 aliphatic rings. The van der Waals surface area contributed by atoms with E-state index in [-0.39, 0.29) is 5.12 Å². The van der Waals surface area contributed by atoms with Crippen LogP contribution in [0.2, 0.25) is 0 Å². The van der Waals surface area contributed by atoms with Crippen molar-refractivity contribution < 1.29 is 14.7 Å². The van der Waals surface area contributed by atoms with Gasteiger partial charge in [0.2, 0.25) is 0 Å². The van der Waals surface area contributed by atoms with Crippen LogP contribution in [-0.2, 0) is 22.4 Å². The zero-order valence-electron chi connectivity index (χ0n) is 12.3. The van der Waals surface area contributed by atoms with Gasteiger partial charge in [-0.2, -0.15) is 0 Å². The molecule has 0 heterocycles. The van der Waals surface area contributed by atoms with E-state index in [1.165, 1.54) is 12.5 Å². The Kier molecular flexibility index (Phi) is 6.79. The first-order chi connectivity index (χ1) is 9.38. The lowest BCUT2D eigenvalue weighted by Crippen LogP contribution is -2.18. The first kappa shape index (κ1) is 16.8. The van der Waals surface area contributed by atoms with E-state index in [0.717, 1.165) is 23.7 Å². The van der Waals surface area contributed by atoms with Crippen molar-refractivity contribution in [2.24, 2.45) is 5.92 Å². The number of benzene rings is 1. The van der Waals surface area contributed by atoms with Gasteiger partial charge in [0.25, 0.3) is 0 Å². The number of aliphatic carboxylic acids is 1. The van der Waals surface area contributed by atoms with E-state index in [1.807, 2.05) is 0 Å². The first-order valence-electron chi connectivity index (χ1n) is 6.86. The maximum Gasteiger partial charge on any atom is 0.317 e. The summed E-state index contributed by atoms with van der Waals surface area (Å²) in [5, 5.41) is 8.27. The molecule has 3 nitrogen and oxygen atoms in total. The van der Waals surface area contributed by atoms with Crippen LogP contribution >= 0.6 is 11.8 Å². The Morgan fingerprint density at radius 3 is 2.15 bits per heavy atom. The fourth-order valence-corrected chi connectivity index (χ4v) is 2.78. The Morgan fingerprint density at radius 2 is 1.70 bits per heavy atom. The number of rotatable bonds is 7. The van der Waals surface area contributed by atoms with E-state index in [9.17, 15) is 9.59 Å². The molecule has 0 bridgehead atoms. The third-order valence-corrected chi connectivity index (χ3v) is 4.00. The van der Waals surface area contributed by atoms with Crippen LogP contribution in [0.4, 0.5) is 0 Å². The fraction of sp³-hybridized carbons (Fsp3) is 0.500. The number of thioether (sulfide) groups is 1. The van der Waals surface area contributed by atoms with Crippen molar-refractivity contribution in [2.45, 2.75) is 45.3 Å². The number of hydrogen-bond donors (Lipinski definition) is 1. The molecule has 0 amide bonds. The summed E-state index contributed by atoms with van der Waals surface area (Å²) in [6, 6.07) is 8.30. The number of hydrogen-bond acceptors (Lipinski definition) is 3. The summed E-state index contributed by atoms with van der Waals surface area (Å²) in [4.78, 5) is 22.1. The van der Waals surface area contributed by atoms with E-state index in [2.05, 4.69) is 38.1 Å². The van der Waals surface area contributed by atoms with Gasteiger partial charge in [-0.1, -0.05) is 49.9 Å². The Hall–Kier alpha value is -1.29. The van der Waals surface area contributed by atoms with Crippen molar-refractivity contribution in [1.29, 1.82) is 0 Å². The largest absolute Gasteiger partial charge is 0.480 e. The summed E-state index contributed by atoms with van der Waals surface area (Å²) in [6.07, 6.45) is 2.21. The summed E-state index contributed by atoms with van der Waals surface area (Å²) < 4.78 is 0. The molecule has 0 fully saturated rings. The molecule has 1 N–H and O–H groups in total. The number of carbonyl (C=O) groups is 2. The third kappa shape index (κ3) is 6.24. The fourth-order valence-electron chi connectivity index (χ4n) is 2.04. The normalized spacial score (nSPS) is 12.4. The topological polar surface area (TPSA) is 54.4 Å². The highest BCUT2D eigenvalue weighted by molar-refractivity contribution is 8.14. The Labute approximate surface area is 124 Å². The summed E-state index contributed by atoms with van der Waals surface area (Å²) in [6.45, 7) is 5.77. The van der Waals surface area contributed by atoms with Crippen LogP contribution in [0.5, 0.6) is 0 Å². The number of carbonyl (C=O) groups excluding carboxylic acids is 1. The molecule has 1 aromatic carbocycles. The Bertz CT molecular complexity index is 451. The third-order valence-electron chi connectivity index (χ3n) is 2.95. The summed E-state index contributed by atoms with van der Waals surface area (Å²) in [7, 11) is 0. The van der Waals surface area contributed by atoms with Gasteiger partial charge in [-0.05, 0) is 36.3 Å². The molecule has 1 rings (SSSR count). The molecule has 20 heavy (non-hydrogen) atoms. The molecular weight excluding hydrogens is 272 g/mol. The molecule has 0 saturated carbocycles. The smallest absolute Gasteiger partial charge is 0.317 e. The highest BCUT2D eigenvalue weighted by Gasteiger charge is 2.19. The average molecular weight is 294 g/mol. The number of aryl methyl sites for hydroxylation is 1. The Balaban J connectivity index is 2.55. The van der Waals surface area contributed by atoms with Gasteiger partial charge in [0, 0.05) is 6.92 Å². The van der Waals surface area contributed by atoms with Crippen LogP contribution in [0.25, 0.3) is 0 Å². The molecular formula is C16H22O3S. The molecule has 0 aliphatic carbocycles. The van der Waals surface area contributed by atoms with E-state index in [1.54, 1.807) is 0 Å². The van der Waals surface area contributed by atoms with Gasteiger partial charge < -0.3 is 5.11 Å². The standard InChI is InChI=1S/C16H22O3S/c1-11(2)10-14-6-4-13(5-7-14)8-9-15(16(18)19)20-12(3)17/h4-7,11,15H,8-10H2,1-3H3,(H,18,19). The second-order valence-electron chi connectivity index (χ2n) is 5.39. The summed E-state index contributed by atoms with van der Waals surface area (Å²) in [5.41, 5.74) is 2.42. The van der Waals surface area contributed by atoms with Gasteiger partial charge >= 0.3 is 5.97 Å². The van der Waals surface area contributed by atoms with Gasteiger partial charge in [-0.25, -0.2) is 0 Å². The summed E-state index contributed by atoms with van der Waals surface area (Å²) in [5.74, 6) is -0.286. The lowest BCUT2D eigenvalue weighted by Gasteiger charge is -2.10. The predicted octanol–water partition coefficient (Wildman–Crippen LogP) is 3.55. The molecule has 0 saturated heterocycles. The maximum absolute atomic E-state index is 11.1. The van der Waals surface area contributed by atoms with E-state index in [0.29, 0.717) is 18.8 Å². The molecule has 1 unspecified atom stereocenters. The zero-order chi connectivity index (χ0) is 15.1. The van der Waals surface area contributed by atoms with Crippen LogP contribution < -0.4 is 0 Å². The molecule has 0 spiro atoms. The van der Waals surface area contributed by atoms with Crippen molar-refractivity contribution in [3.8, 4) is 0 Å². The monoisotopic (exact) mass is 294 g/mol. The van der Waals surface area contributed by atoms with Crippen molar-refractivity contribution in [3.63, 3.8) is 0 Å². The predicted molar refractivity (Wildman–Crippen MR) is 83.0 cm³/mol. The molecule has 0 radical (unpaired) electrons. The van der Waals surface area contributed by atoms with Crippen molar-refractivity contribution in [1.82, 2.24) is 0 Å². The Morgan fingerprint density at radius 1 is 1.15 bits per heavy atom. The summed E-state index contributed by atoms with van der Waals surface area (Å²) >= 11 is 0.900. The zero-order valence-corrected chi connectivity index (χ0v) is 13.1. The van der Waals surface area contributed by atoms with E-state index < -0.39 is 11.2 Å². The highest BCUT2D eigenvalue weighted by Crippen LogP contribution is 2.19. The lowest BCUT2D eigenvalue weighted by molar-refractivity contribution is -0.136. The van der Waals surface area contributed by atoms with Crippen molar-refractivity contribution >= 4 is 22.8 Å². The lowest BCUT2D eigenvalue weighted by atomic mass is 10.00. The van der Waals surface area contributed by atoms with Gasteiger partial charge in [-0.15, -0.1) is 0 Å².